The van der Waals surface area contributed by atoms with E-state index in [0.29, 0.717) is 39.1 Å². The normalized spacial score (nSPS) is 16.7. The lowest BCUT2D eigenvalue weighted by Crippen LogP contribution is -2.30. The number of nitrogens with zero attached hydrogens (tertiary/aromatic N) is 6. The fraction of sp³-hybridized carbons (Fsp3) is 0.400. The van der Waals surface area contributed by atoms with Gasteiger partial charge in [-0.2, -0.15) is 31.1 Å². The van der Waals surface area contributed by atoms with E-state index in [1.807, 2.05) is 13.0 Å². The largest absolute Gasteiger partial charge is 0.477 e. The van der Waals surface area contributed by atoms with E-state index in [2.05, 4.69) is 20.3 Å². The summed E-state index contributed by atoms with van der Waals surface area (Å²) >= 11 is 1.17. The number of aromatic nitrogens is 4. The summed E-state index contributed by atoms with van der Waals surface area (Å²) in [7, 11) is 1.52. The Labute approximate surface area is 263 Å². The Balaban J connectivity index is 1.48. The molecular formula is C30H28F6N6O3S. The predicted molar refractivity (Wildman–Crippen MR) is 155 cm³/mol. The monoisotopic (exact) mass is 666 g/mol. The number of carboxylic acid groups (broad SMARTS) is 1. The summed E-state index contributed by atoms with van der Waals surface area (Å²) in [5, 5.41) is 21.8. The molecule has 2 aromatic heterocycles. The fourth-order valence-corrected chi connectivity index (χ4v) is 7.08. The number of hydrogen-bond donors (Lipinski definition) is 1. The zero-order valence-corrected chi connectivity index (χ0v) is 25.4. The third-order valence-corrected chi connectivity index (χ3v) is 9.29. The highest BCUT2D eigenvalue weighted by Crippen LogP contribution is 2.45. The summed E-state index contributed by atoms with van der Waals surface area (Å²) in [6.07, 6.45) is -8.93. The molecule has 9 nitrogen and oxygen atoms in total. The maximum Gasteiger partial charge on any atom is 0.416 e. The van der Waals surface area contributed by atoms with Crippen molar-refractivity contribution in [3.63, 3.8) is 0 Å². The summed E-state index contributed by atoms with van der Waals surface area (Å²) in [6, 6.07) is 6.31. The van der Waals surface area contributed by atoms with Crippen LogP contribution in [0.15, 0.2) is 36.4 Å². The summed E-state index contributed by atoms with van der Waals surface area (Å²) in [5.41, 5.74) is 1.53. The molecule has 2 aromatic carbocycles. The molecule has 6 rings (SSSR count). The van der Waals surface area contributed by atoms with Gasteiger partial charge in [-0.3, -0.25) is 0 Å². The number of alkyl halides is 6. The molecule has 244 valence electrons. The zero-order valence-electron chi connectivity index (χ0n) is 24.6. The van der Waals surface area contributed by atoms with Crippen molar-refractivity contribution in [3.8, 4) is 0 Å². The van der Waals surface area contributed by atoms with Crippen LogP contribution in [-0.4, -0.2) is 37.8 Å². The van der Waals surface area contributed by atoms with Crippen LogP contribution in [-0.2, 0) is 50.4 Å². The second kappa shape index (κ2) is 11.9. The van der Waals surface area contributed by atoms with E-state index in [9.17, 15) is 36.2 Å². The van der Waals surface area contributed by atoms with E-state index in [1.165, 1.54) is 23.2 Å². The van der Waals surface area contributed by atoms with Gasteiger partial charge in [0.15, 0.2) is 0 Å². The molecule has 1 atom stereocenters. The van der Waals surface area contributed by atoms with E-state index in [4.69, 9.17) is 4.74 Å². The Morgan fingerprint density at radius 3 is 2.41 bits per heavy atom. The Bertz CT molecular complexity index is 1750. The summed E-state index contributed by atoms with van der Waals surface area (Å²) in [5.74, 6) is -0.967. The highest BCUT2D eigenvalue weighted by molar-refractivity contribution is 7.13. The van der Waals surface area contributed by atoms with Gasteiger partial charge in [-0.15, -0.1) is 16.4 Å². The zero-order chi connectivity index (χ0) is 33.0. The SMILES string of the molecule is Cc1c2c(cc3c1N(Cc1ccc(C(=O)O)s1)CCC[C@@H]3N(Cc1cc(C(F)(F)F)cc(C(F)(F)F)c1)c1nnn(C)n1)COC2. The van der Waals surface area contributed by atoms with Crippen molar-refractivity contribution < 1.29 is 41.0 Å². The number of rotatable bonds is 7. The molecule has 2 aliphatic heterocycles. The lowest BCUT2D eigenvalue weighted by atomic mass is 9.91. The molecular weight excluding hydrogens is 638 g/mol. The van der Waals surface area contributed by atoms with Gasteiger partial charge >= 0.3 is 18.3 Å². The minimum Gasteiger partial charge on any atom is -0.477 e. The average molecular weight is 667 g/mol. The molecule has 16 heteroatoms. The number of benzene rings is 2. The van der Waals surface area contributed by atoms with Crippen LogP contribution in [0.4, 0.5) is 38.0 Å². The van der Waals surface area contributed by atoms with Crippen LogP contribution >= 0.6 is 11.3 Å². The van der Waals surface area contributed by atoms with Crippen LogP contribution in [0.1, 0.15) is 72.4 Å². The van der Waals surface area contributed by atoms with Crippen molar-refractivity contribution in [1.82, 2.24) is 20.2 Å². The molecule has 4 aromatic rings. The van der Waals surface area contributed by atoms with Crippen LogP contribution in [0.3, 0.4) is 0 Å². The van der Waals surface area contributed by atoms with E-state index >= 15 is 0 Å². The number of fused-ring (bicyclic) bond motifs is 2. The highest BCUT2D eigenvalue weighted by Gasteiger charge is 2.38. The van der Waals surface area contributed by atoms with Crippen molar-refractivity contribution in [2.45, 2.75) is 64.5 Å². The number of aromatic carboxylic acids is 1. The predicted octanol–water partition coefficient (Wildman–Crippen LogP) is 6.89. The third kappa shape index (κ3) is 6.27. The molecule has 0 unspecified atom stereocenters. The van der Waals surface area contributed by atoms with E-state index in [1.54, 1.807) is 17.0 Å². The molecule has 0 amide bonds. The van der Waals surface area contributed by atoms with Gasteiger partial charge in [-0.25, -0.2) is 4.79 Å². The maximum absolute atomic E-state index is 13.8. The molecule has 1 N–H and O–H groups in total. The quantitative estimate of drug-likeness (QED) is 0.213. The van der Waals surface area contributed by atoms with Crippen LogP contribution in [0.25, 0.3) is 0 Å². The van der Waals surface area contributed by atoms with E-state index < -0.39 is 35.5 Å². The van der Waals surface area contributed by atoms with Crippen molar-refractivity contribution in [1.29, 1.82) is 0 Å². The Hall–Kier alpha value is -4.18. The second-order valence-corrected chi connectivity index (χ2v) is 12.5. The fourth-order valence-electron chi connectivity index (χ4n) is 6.22. The number of carboxylic acids is 1. The number of hydrogen-bond acceptors (Lipinski definition) is 8. The van der Waals surface area contributed by atoms with E-state index in [-0.39, 0.29) is 29.0 Å². The van der Waals surface area contributed by atoms with Crippen molar-refractivity contribution >= 4 is 28.9 Å². The molecule has 0 saturated carbocycles. The van der Waals surface area contributed by atoms with E-state index in [0.717, 1.165) is 45.0 Å². The Morgan fingerprint density at radius 1 is 1.09 bits per heavy atom. The van der Waals surface area contributed by atoms with Gasteiger partial charge in [0, 0.05) is 23.7 Å². The molecule has 0 spiro atoms. The number of thiophene rings is 1. The molecule has 46 heavy (non-hydrogen) atoms. The van der Waals surface area contributed by atoms with Gasteiger partial charge in [0.2, 0.25) is 0 Å². The first kappa shape index (κ1) is 31.8. The van der Waals surface area contributed by atoms with Gasteiger partial charge in [-0.05, 0) is 89.2 Å². The summed E-state index contributed by atoms with van der Waals surface area (Å²) in [6.45, 7) is 3.33. The number of anilines is 2. The Morgan fingerprint density at radius 2 is 1.80 bits per heavy atom. The smallest absolute Gasteiger partial charge is 0.416 e. The first-order valence-corrected chi connectivity index (χ1v) is 15.1. The van der Waals surface area contributed by atoms with Crippen molar-refractivity contribution in [2.75, 3.05) is 16.3 Å². The highest BCUT2D eigenvalue weighted by atomic mass is 32.1. The number of ether oxygens (including phenoxy) is 1. The van der Waals surface area contributed by atoms with Gasteiger partial charge in [0.1, 0.15) is 4.88 Å². The van der Waals surface area contributed by atoms with Gasteiger partial charge in [0.05, 0.1) is 44.0 Å². The number of tetrazole rings is 1. The van der Waals surface area contributed by atoms with Crippen molar-refractivity contribution in [3.05, 3.63) is 85.1 Å². The van der Waals surface area contributed by atoms with Crippen LogP contribution in [0.2, 0.25) is 0 Å². The number of aryl methyl sites for hydroxylation is 1. The number of carbonyl (C=O) groups is 1. The maximum atomic E-state index is 13.8. The molecule has 0 bridgehead atoms. The van der Waals surface area contributed by atoms with Crippen LogP contribution < -0.4 is 9.80 Å². The topological polar surface area (TPSA) is 96.6 Å². The van der Waals surface area contributed by atoms with Gasteiger partial charge in [-0.1, -0.05) is 5.10 Å². The molecule has 0 fully saturated rings. The summed E-state index contributed by atoms with van der Waals surface area (Å²) < 4.78 is 88.4. The lowest BCUT2D eigenvalue weighted by Gasteiger charge is -2.34. The standard InChI is InChI=1S/C30H28F6N6O3S/c1-16-23-15-45-14-18(23)10-22-24(4-3-7-41(26(16)22)13-21-5-6-25(46-21)27(43)44)42(28-37-39-40(2)38-28)12-17-8-19(29(31,32)33)11-20(9-17)30(34,35)36/h5-6,8-11,24H,3-4,7,12-15H2,1-2H3,(H,43,44)/t24-/m0/s1. The lowest BCUT2D eigenvalue weighted by molar-refractivity contribution is -0.143. The molecule has 2 aliphatic rings. The first-order chi connectivity index (χ1) is 21.7. The molecule has 0 aliphatic carbocycles. The van der Waals surface area contributed by atoms with Gasteiger partial charge in [0.25, 0.3) is 5.95 Å². The van der Waals surface area contributed by atoms with Gasteiger partial charge < -0.3 is 19.6 Å². The first-order valence-electron chi connectivity index (χ1n) is 14.3. The molecule has 0 radical (unpaired) electrons. The molecule has 4 heterocycles. The minimum absolute atomic E-state index is 0.0524. The summed E-state index contributed by atoms with van der Waals surface area (Å²) in [4.78, 5) is 17.5. The third-order valence-electron chi connectivity index (χ3n) is 8.23. The second-order valence-electron chi connectivity index (χ2n) is 11.3. The minimum atomic E-state index is -5.00. The number of halogens is 6. The van der Waals surface area contributed by atoms with Crippen LogP contribution in [0.5, 0.6) is 0 Å². The Kier molecular flexibility index (Phi) is 8.21. The average Bonchev–Trinajstić information content (AvgIpc) is 3.72. The van der Waals surface area contributed by atoms with Crippen LogP contribution in [0, 0.1) is 6.92 Å². The molecule has 0 saturated heterocycles. The van der Waals surface area contributed by atoms with Crippen molar-refractivity contribution in [2.24, 2.45) is 7.05 Å².